The number of thioether (sulfide) groups is 1. The maximum Gasteiger partial charge on any atom is 0.308 e. The van der Waals surface area contributed by atoms with E-state index in [1.54, 1.807) is 28.8 Å². The molecule has 1 aliphatic heterocycles. The predicted octanol–water partition coefficient (Wildman–Crippen LogP) is 3.63. The summed E-state index contributed by atoms with van der Waals surface area (Å²) in [6, 6.07) is 5.28. The van der Waals surface area contributed by atoms with Gasteiger partial charge in [0.15, 0.2) is 0 Å². The summed E-state index contributed by atoms with van der Waals surface area (Å²) < 4.78 is 0. The summed E-state index contributed by atoms with van der Waals surface area (Å²) in [7, 11) is 0. The molecule has 1 amide bonds. The molecule has 1 aromatic rings. The van der Waals surface area contributed by atoms with Crippen LogP contribution in [0.25, 0.3) is 0 Å². The van der Waals surface area contributed by atoms with Crippen LogP contribution in [0.15, 0.2) is 23.1 Å². The fourth-order valence-electron chi connectivity index (χ4n) is 3.38. The number of benzene rings is 1. The molecule has 23 heavy (non-hydrogen) atoms. The molecule has 1 aliphatic carbocycles. The fraction of sp³-hybridized carbons (Fsp3) is 0.529. The molecule has 6 heteroatoms. The molecule has 1 saturated heterocycles. The van der Waals surface area contributed by atoms with Gasteiger partial charge in [0.2, 0.25) is 0 Å². The zero-order chi connectivity index (χ0) is 16.6. The van der Waals surface area contributed by atoms with E-state index < -0.39 is 11.9 Å². The number of hydrogen-bond donors (Lipinski definition) is 1. The number of hydrogen-bond acceptors (Lipinski definition) is 3. The largest absolute Gasteiger partial charge is 0.481 e. The normalized spacial score (nSPS) is 24.0. The number of amides is 1. The van der Waals surface area contributed by atoms with Crippen molar-refractivity contribution < 1.29 is 14.7 Å². The van der Waals surface area contributed by atoms with E-state index >= 15 is 0 Å². The van der Waals surface area contributed by atoms with Crippen LogP contribution in [-0.2, 0) is 4.79 Å². The van der Waals surface area contributed by atoms with E-state index in [1.807, 2.05) is 13.0 Å². The maximum absolute atomic E-state index is 12.9. The molecule has 124 valence electrons. The lowest BCUT2D eigenvalue weighted by Gasteiger charge is -2.18. The van der Waals surface area contributed by atoms with Gasteiger partial charge in [-0.05, 0) is 48.6 Å². The topological polar surface area (TPSA) is 57.6 Å². The third-order valence-electron chi connectivity index (χ3n) is 4.67. The van der Waals surface area contributed by atoms with Gasteiger partial charge < -0.3 is 10.0 Å². The van der Waals surface area contributed by atoms with Gasteiger partial charge in [-0.1, -0.05) is 18.5 Å². The second kappa shape index (κ2) is 6.73. The Morgan fingerprint density at radius 3 is 2.70 bits per heavy atom. The molecule has 0 radical (unpaired) electrons. The Bertz CT molecular complexity index is 632. The number of halogens is 1. The van der Waals surface area contributed by atoms with Crippen molar-refractivity contribution in [3.05, 3.63) is 28.8 Å². The lowest BCUT2D eigenvalue weighted by Crippen LogP contribution is -2.30. The summed E-state index contributed by atoms with van der Waals surface area (Å²) in [5.74, 6) is 0.141. The first-order valence-corrected chi connectivity index (χ1v) is 9.32. The summed E-state index contributed by atoms with van der Waals surface area (Å²) in [6.45, 7) is 2.90. The lowest BCUT2D eigenvalue weighted by atomic mass is 9.92. The van der Waals surface area contributed by atoms with E-state index in [1.165, 1.54) is 0 Å². The highest BCUT2D eigenvalue weighted by Gasteiger charge is 2.47. The molecule has 2 aliphatic rings. The van der Waals surface area contributed by atoms with Crippen LogP contribution in [0, 0.1) is 17.8 Å². The molecule has 1 saturated carbocycles. The molecule has 0 aromatic heterocycles. The average molecular weight is 354 g/mol. The Morgan fingerprint density at radius 1 is 1.35 bits per heavy atom. The van der Waals surface area contributed by atoms with Crippen molar-refractivity contribution in [1.82, 2.24) is 4.90 Å². The first-order chi connectivity index (χ1) is 11.0. The number of carboxylic acids is 1. The Kier molecular flexibility index (Phi) is 4.87. The van der Waals surface area contributed by atoms with Gasteiger partial charge in [0.25, 0.3) is 5.91 Å². The summed E-state index contributed by atoms with van der Waals surface area (Å²) in [6.07, 6.45) is 2.18. The molecule has 0 bridgehead atoms. The average Bonchev–Trinajstić information content (AvgIpc) is 3.25. The van der Waals surface area contributed by atoms with E-state index in [-0.39, 0.29) is 11.8 Å². The summed E-state index contributed by atoms with van der Waals surface area (Å²) >= 11 is 7.62. The number of nitrogens with zero attached hydrogens (tertiary/aromatic N) is 1. The summed E-state index contributed by atoms with van der Waals surface area (Å²) in [5, 5.41) is 10.1. The van der Waals surface area contributed by atoms with Gasteiger partial charge in [-0.3, -0.25) is 9.59 Å². The highest BCUT2D eigenvalue weighted by Crippen LogP contribution is 2.44. The molecular weight excluding hydrogens is 334 g/mol. The second-order valence-electron chi connectivity index (χ2n) is 6.23. The van der Waals surface area contributed by atoms with Crippen molar-refractivity contribution in [2.75, 3.05) is 18.8 Å². The van der Waals surface area contributed by atoms with Crippen LogP contribution in [0.3, 0.4) is 0 Å². The van der Waals surface area contributed by atoms with Gasteiger partial charge in [-0.25, -0.2) is 0 Å². The van der Waals surface area contributed by atoms with E-state index in [9.17, 15) is 14.7 Å². The number of carbonyl (C=O) groups is 2. The van der Waals surface area contributed by atoms with Crippen LogP contribution >= 0.6 is 23.4 Å². The third-order valence-corrected chi connectivity index (χ3v) is 5.84. The van der Waals surface area contributed by atoms with Crippen LogP contribution in [0.2, 0.25) is 5.02 Å². The molecule has 2 fully saturated rings. The first-order valence-electron chi connectivity index (χ1n) is 7.95. The molecule has 0 unspecified atom stereocenters. The van der Waals surface area contributed by atoms with Crippen LogP contribution in [0.5, 0.6) is 0 Å². The van der Waals surface area contributed by atoms with Crippen molar-refractivity contribution >= 4 is 35.2 Å². The fourth-order valence-corrected chi connectivity index (χ4v) is 4.45. The standard InChI is InChI=1S/C17H20ClNO3S/c1-2-23-15-7-11(18)5-6-12(15)16(20)19-8-13(10-3-4-10)14(9-19)17(21)22/h5-7,10,13-14H,2-4,8-9H2,1H3,(H,21,22)/t13-,14+/m1/s1. The quantitative estimate of drug-likeness (QED) is 0.821. The Labute approximate surface area is 145 Å². The van der Waals surface area contributed by atoms with Crippen molar-refractivity contribution in [2.24, 2.45) is 17.8 Å². The highest BCUT2D eigenvalue weighted by atomic mass is 35.5. The van der Waals surface area contributed by atoms with E-state index in [2.05, 4.69) is 0 Å². The van der Waals surface area contributed by atoms with Crippen molar-refractivity contribution in [1.29, 1.82) is 0 Å². The van der Waals surface area contributed by atoms with Crippen LogP contribution < -0.4 is 0 Å². The van der Waals surface area contributed by atoms with Gasteiger partial charge in [0.05, 0.1) is 11.5 Å². The summed E-state index contributed by atoms with van der Waals surface area (Å²) in [5.41, 5.74) is 0.627. The number of rotatable bonds is 5. The van der Waals surface area contributed by atoms with Crippen LogP contribution in [0.4, 0.5) is 0 Å². The van der Waals surface area contributed by atoms with Crippen molar-refractivity contribution in [2.45, 2.75) is 24.7 Å². The number of carboxylic acid groups (broad SMARTS) is 1. The zero-order valence-corrected chi connectivity index (χ0v) is 14.6. The lowest BCUT2D eigenvalue weighted by molar-refractivity contribution is -0.142. The smallest absolute Gasteiger partial charge is 0.308 e. The predicted molar refractivity (Wildman–Crippen MR) is 91.1 cm³/mol. The summed E-state index contributed by atoms with van der Waals surface area (Å²) in [4.78, 5) is 27.0. The van der Waals surface area contributed by atoms with Crippen molar-refractivity contribution in [3.8, 4) is 0 Å². The van der Waals surface area contributed by atoms with Crippen LogP contribution in [0.1, 0.15) is 30.1 Å². The van der Waals surface area contributed by atoms with Gasteiger partial charge in [-0.2, -0.15) is 0 Å². The van der Waals surface area contributed by atoms with Gasteiger partial charge in [-0.15, -0.1) is 11.8 Å². The Hall–Kier alpha value is -1.20. The second-order valence-corrected chi connectivity index (χ2v) is 7.97. The van der Waals surface area contributed by atoms with E-state index in [0.29, 0.717) is 29.6 Å². The minimum atomic E-state index is -0.781. The maximum atomic E-state index is 12.9. The monoisotopic (exact) mass is 353 g/mol. The minimum absolute atomic E-state index is 0.0768. The van der Waals surface area contributed by atoms with E-state index in [0.717, 1.165) is 23.5 Å². The molecule has 0 spiro atoms. The Balaban J connectivity index is 1.82. The molecule has 4 nitrogen and oxygen atoms in total. The zero-order valence-electron chi connectivity index (χ0n) is 13.0. The molecule has 2 atom stereocenters. The Morgan fingerprint density at radius 2 is 2.09 bits per heavy atom. The number of aliphatic carboxylic acids is 1. The number of carbonyl (C=O) groups excluding carboxylic acids is 1. The van der Waals surface area contributed by atoms with Crippen LogP contribution in [-0.4, -0.2) is 40.7 Å². The van der Waals surface area contributed by atoms with Crippen molar-refractivity contribution in [3.63, 3.8) is 0 Å². The number of likely N-dealkylation sites (tertiary alicyclic amines) is 1. The SMILES string of the molecule is CCSc1cc(Cl)ccc1C(=O)N1C[C@H](C(=O)O)[C@@H](C2CC2)C1. The molecule has 1 aromatic carbocycles. The molecule has 1 N–H and O–H groups in total. The molecule has 3 rings (SSSR count). The third kappa shape index (κ3) is 3.50. The highest BCUT2D eigenvalue weighted by molar-refractivity contribution is 7.99. The molecular formula is C17H20ClNO3S. The van der Waals surface area contributed by atoms with Gasteiger partial charge in [0.1, 0.15) is 0 Å². The van der Waals surface area contributed by atoms with E-state index in [4.69, 9.17) is 11.6 Å². The van der Waals surface area contributed by atoms with Gasteiger partial charge in [0, 0.05) is 23.0 Å². The minimum Gasteiger partial charge on any atom is -0.481 e. The first kappa shape index (κ1) is 16.7. The van der Waals surface area contributed by atoms with Gasteiger partial charge >= 0.3 is 5.97 Å². The molecule has 1 heterocycles.